The van der Waals surface area contributed by atoms with Crippen molar-refractivity contribution >= 4 is 35.3 Å². The van der Waals surface area contributed by atoms with Crippen molar-refractivity contribution in [2.45, 2.75) is 36.4 Å². The smallest absolute Gasteiger partial charge is 0.328 e. The summed E-state index contributed by atoms with van der Waals surface area (Å²) in [6.07, 6.45) is 0.528. The van der Waals surface area contributed by atoms with Crippen LogP contribution in [0.3, 0.4) is 0 Å². The number of hydrogen-bond donors (Lipinski definition) is 2. The second-order valence-corrected chi connectivity index (χ2v) is 8.51. The minimum absolute atomic E-state index is 0.192. The molecule has 0 bridgehead atoms. The Labute approximate surface area is 196 Å². The fourth-order valence-corrected chi connectivity index (χ4v) is 3.86. The first-order valence-electron chi connectivity index (χ1n) is 10.3. The van der Waals surface area contributed by atoms with E-state index in [0.717, 1.165) is 4.90 Å². The van der Waals surface area contributed by atoms with Gasteiger partial charge in [-0.25, -0.2) is 9.18 Å². The predicted octanol–water partition coefficient (Wildman–Crippen LogP) is 4.91. The molecule has 0 saturated heterocycles. The van der Waals surface area contributed by atoms with Crippen LogP contribution in [-0.4, -0.2) is 41.2 Å². The minimum atomic E-state index is -0.636. The molecule has 0 fully saturated rings. The zero-order chi connectivity index (χ0) is 23.8. The molecule has 0 aliphatic heterocycles. The van der Waals surface area contributed by atoms with E-state index in [9.17, 15) is 9.18 Å². The number of aromatic nitrogens is 3. The number of anilines is 3. The van der Waals surface area contributed by atoms with Gasteiger partial charge in [-0.15, -0.1) is 0 Å². The van der Waals surface area contributed by atoms with Gasteiger partial charge >= 0.3 is 5.97 Å². The number of halogens is 1. The maximum Gasteiger partial charge on any atom is 0.328 e. The monoisotopic (exact) mass is 471 g/mol. The van der Waals surface area contributed by atoms with Gasteiger partial charge in [-0.2, -0.15) is 15.0 Å². The lowest BCUT2D eigenvalue weighted by atomic mass is 10.0. The van der Waals surface area contributed by atoms with Gasteiger partial charge in [-0.1, -0.05) is 32.0 Å². The Morgan fingerprint density at radius 3 is 2.52 bits per heavy atom. The number of rotatable bonds is 10. The average molecular weight is 472 g/mol. The van der Waals surface area contributed by atoms with Crippen molar-refractivity contribution in [3.05, 3.63) is 54.3 Å². The van der Waals surface area contributed by atoms with Crippen molar-refractivity contribution in [3.8, 4) is 5.75 Å². The Morgan fingerprint density at radius 2 is 1.82 bits per heavy atom. The van der Waals surface area contributed by atoms with Crippen LogP contribution in [0.4, 0.5) is 22.0 Å². The van der Waals surface area contributed by atoms with E-state index in [2.05, 4.69) is 25.6 Å². The summed E-state index contributed by atoms with van der Waals surface area (Å²) in [7, 11) is 2.92. The normalized spacial score (nSPS) is 11.7. The van der Waals surface area contributed by atoms with E-state index in [1.165, 1.54) is 31.0 Å². The molecule has 0 amide bonds. The Hall–Kier alpha value is -3.40. The van der Waals surface area contributed by atoms with E-state index in [1.54, 1.807) is 19.2 Å². The molecule has 174 valence electrons. The van der Waals surface area contributed by atoms with E-state index < -0.39 is 17.8 Å². The number of carbonyl (C=O) groups excluding carboxylic acids is 1. The van der Waals surface area contributed by atoms with Crippen LogP contribution in [0.1, 0.15) is 20.3 Å². The molecule has 3 aromatic rings. The second-order valence-electron chi connectivity index (χ2n) is 7.50. The molecule has 2 aromatic carbocycles. The number of benzene rings is 2. The number of ether oxygens (including phenoxy) is 2. The molecule has 0 aliphatic rings. The number of esters is 1. The topological polar surface area (TPSA) is 98.3 Å². The van der Waals surface area contributed by atoms with Crippen molar-refractivity contribution in [2.24, 2.45) is 5.92 Å². The quantitative estimate of drug-likeness (QED) is 0.400. The summed E-state index contributed by atoms with van der Waals surface area (Å²) in [6, 6.07) is 12.8. The summed E-state index contributed by atoms with van der Waals surface area (Å²) in [5.74, 6) is 0.488. The van der Waals surface area contributed by atoms with Gasteiger partial charge in [0.15, 0.2) is 5.16 Å². The van der Waals surface area contributed by atoms with Crippen LogP contribution in [0, 0.1) is 11.7 Å². The number of hydrogen-bond acceptors (Lipinski definition) is 9. The fourth-order valence-electron chi connectivity index (χ4n) is 3.00. The van der Waals surface area contributed by atoms with Crippen molar-refractivity contribution in [2.75, 3.05) is 24.9 Å². The van der Waals surface area contributed by atoms with Crippen molar-refractivity contribution in [1.82, 2.24) is 15.0 Å². The van der Waals surface area contributed by atoms with Crippen molar-refractivity contribution in [3.63, 3.8) is 0 Å². The lowest BCUT2D eigenvalue weighted by Crippen LogP contribution is -2.33. The van der Waals surface area contributed by atoms with Gasteiger partial charge in [0, 0.05) is 5.69 Å². The lowest BCUT2D eigenvalue weighted by Gasteiger charge is -2.19. The molecule has 0 spiro atoms. The highest BCUT2D eigenvalue weighted by molar-refractivity contribution is 7.99. The molecule has 1 heterocycles. The number of para-hydroxylation sites is 1. The summed E-state index contributed by atoms with van der Waals surface area (Å²) in [6.45, 7) is 4.01. The number of carbonyl (C=O) groups is 1. The first-order chi connectivity index (χ1) is 15.9. The first kappa shape index (κ1) is 24.2. The third-order valence-corrected chi connectivity index (χ3v) is 5.38. The first-order valence-corrected chi connectivity index (χ1v) is 11.1. The van der Waals surface area contributed by atoms with E-state index in [-0.39, 0.29) is 17.8 Å². The van der Waals surface area contributed by atoms with Crippen LogP contribution in [-0.2, 0) is 9.53 Å². The Kier molecular flexibility index (Phi) is 8.42. The second kappa shape index (κ2) is 11.5. The zero-order valence-corrected chi connectivity index (χ0v) is 19.6. The Morgan fingerprint density at radius 1 is 1.06 bits per heavy atom. The van der Waals surface area contributed by atoms with Gasteiger partial charge in [0.1, 0.15) is 17.6 Å². The molecular formula is C23H26FN5O3S. The molecule has 0 unspecified atom stereocenters. The molecule has 3 rings (SSSR count). The molecular weight excluding hydrogens is 445 g/mol. The molecule has 2 N–H and O–H groups in total. The maximum atomic E-state index is 13.6. The largest absolute Gasteiger partial charge is 0.496 e. The summed E-state index contributed by atoms with van der Waals surface area (Å²) in [4.78, 5) is 26.4. The molecule has 33 heavy (non-hydrogen) atoms. The summed E-state index contributed by atoms with van der Waals surface area (Å²) < 4.78 is 24.0. The Balaban J connectivity index is 1.96. The van der Waals surface area contributed by atoms with Gasteiger partial charge in [0.05, 0.1) is 19.1 Å². The van der Waals surface area contributed by atoms with Gasteiger partial charge in [0.25, 0.3) is 0 Å². The third-order valence-electron chi connectivity index (χ3n) is 4.46. The molecule has 8 nitrogen and oxygen atoms in total. The highest BCUT2D eigenvalue weighted by Gasteiger charge is 2.22. The molecule has 10 heteroatoms. The van der Waals surface area contributed by atoms with Gasteiger partial charge in [-0.05, 0) is 54.4 Å². The highest BCUT2D eigenvalue weighted by Crippen LogP contribution is 2.33. The predicted molar refractivity (Wildman–Crippen MR) is 126 cm³/mol. The van der Waals surface area contributed by atoms with Gasteiger partial charge < -0.3 is 20.1 Å². The van der Waals surface area contributed by atoms with Crippen LogP contribution < -0.4 is 15.4 Å². The average Bonchev–Trinajstić information content (AvgIpc) is 2.78. The molecule has 1 atom stereocenters. The zero-order valence-electron chi connectivity index (χ0n) is 18.8. The van der Waals surface area contributed by atoms with Crippen LogP contribution in [0.25, 0.3) is 0 Å². The minimum Gasteiger partial charge on any atom is -0.496 e. The molecule has 1 aromatic heterocycles. The highest BCUT2D eigenvalue weighted by atomic mass is 32.2. The van der Waals surface area contributed by atoms with Crippen molar-refractivity contribution in [1.29, 1.82) is 0 Å². The van der Waals surface area contributed by atoms with E-state index in [0.29, 0.717) is 23.0 Å². The van der Waals surface area contributed by atoms with Gasteiger partial charge in [0.2, 0.25) is 11.9 Å². The number of nitrogens with zero attached hydrogens (tertiary/aromatic N) is 3. The maximum absolute atomic E-state index is 13.6. The van der Waals surface area contributed by atoms with Crippen LogP contribution in [0.5, 0.6) is 5.75 Å². The fraction of sp³-hybridized carbons (Fsp3) is 0.304. The molecule has 0 radical (unpaired) electrons. The number of methoxy groups -OCH3 is 2. The van der Waals surface area contributed by atoms with E-state index in [4.69, 9.17) is 9.47 Å². The SMILES string of the molecule is COC(=O)[C@H](CC(C)C)Nc1nc(Nc2cccc(F)c2)nc(Sc2ccccc2OC)n1. The van der Waals surface area contributed by atoms with E-state index in [1.807, 2.05) is 38.1 Å². The Bertz CT molecular complexity index is 1100. The van der Waals surface area contributed by atoms with Gasteiger partial charge in [-0.3, -0.25) is 0 Å². The number of nitrogens with one attached hydrogen (secondary N) is 2. The third kappa shape index (κ3) is 7.04. The van der Waals surface area contributed by atoms with Crippen LogP contribution in [0.2, 0.25) is 0 Å². The lowest BCUT2D eigenvalue weighted by molar-refractivity contribution is -0.141. The summed E-state index contributed by atoms with van der Waals surface area (Å²) >= 11 is 1.28. The summed E-state index contributed by atoms with van der Waals surface area (Å²) in [5, 5.41) is 6.42. The molecule has 0 aliphatic carbocycles. The van der Waals surface area contributed by atoms with E-state index >= 15 is 0 Å². The van der Waals surface area contributed by atoms with Crippen LogP contribution in [0.15, 0.2) is 58.6 Å². The van der Waals surface area contributed by atoms with Crippen LogP contribution >= 0.6 is 11.8 Å². The summed E-state index contributed by atoms with van der Waals surface area (Å²) in [5.41, 5.74) is 0.479. The molecule has 0 saturated carbocycles. The van der Waals surface area contributed by atoms with Crippen molar-refractivity contribution < 1.29 is 18.7 Å². The standard InChI is InChI=1S/C23H26FN5O3S/c1-14(2)12-17(20(30)32-4)26-22-27-21(25-16-9-7-8-15(24)13-16)28-23(29-22)33-19-11-6-5-10-18(19)31-3/h5-11,13-14,17H,12H2,1-4H3,(H2,25,26,27,28,29)/t17-/m0/s1.